The number of aromatic nitrogens is 4. The summed E-state index contributed by atoms with van der Waals surface area (Å²) in [7, 11) is 1.61. The molecule has 0 atom stereocenters. The van der Waals surface area contributed by atoms with E-state index >= 15 is 0 Å². The summed E-state index contributed by atoms with van der Waals surface area (Å²) >= 11 is 1.29. The van der Waals surface area contributed by atoms with Gasteiger partial charge in [0, 0.05) is 13.1 Å². The molecule has 3 rings (SSSR count). The summed E-state index contributed by atoms with van der Waals surface area (Å²) in [5.74, 6) is 0.623. The van der Waals surface area contributed by atoms with Crippen LogP contribution in [-0.2, 0) is 16.5 Å². The molecular weight excluding hydrogens is 532 g/mol. The molecule has 1 amide bonds. The number of hydrogen-bond acceptors (Lipinski definition) is 9. The molecule has 40 heavy (non-hydrogen) atoms. The monoisotopic (exact) mass is 566 g/mol. The van der Waals surface area contributed by atoms with Crippen molar-refractivity contribution in [2.75, 3.05) is 6.26 Å². The normalized spacial score (nSPS) is 12.6. The average molecular weight is 567 g/mol. The first-order valence-electron chi connectivity index (χ1n) is 12.4. The Morgan fingerprint density at radius 2 is 1.65 bits per heavy atom. The number of thioether (sulfide) groups is 1. The first-order valence-corrected chi connectivity index (χ1v) is 13.7. The van der Waals surface area contributed by atoms with Crippen molar-refractivity contribution in [3.63, 3.8) is 0 Å². The van der Waals surface area contributed by atoms with Crippen LogP contribution in [0.3, 0.4) is 0 Å². The van der Waals surface area contributed by atoms with E-state index in [-0.39, 0.29) is 16.8 Å². The van der Waals surface area contributed by atoms with Crippen molar-refractivity contribution in [1.82, 2.24) is 19.3 Å². The van der Waals surface area contributed by atoms with Gasteiger partial charge < -0.3 is 14.2 Å². The van der Waals surface area contributed by atoms with Crippen LogP contribution in [0.5, 0.6) is 11.6 Å². The second-order valence-electron chi connectivity index (χ2n) is 11.0. The lowest BCUT2D eigenvalue weighted by Gasteiger charge is -2.20. The molecule has 0 aliphatic rings. The Morgan fingerprint density at radius 1 is 1.05 bits per heavy atom. The van der Waals surface area contributed by atoms with Crippen molar-refractivity contribution in [3.8, 4) is 17.7 Å². The molecule has 3 aromatic rings. The number of aryl methyl sites for hydroxylation is 3. The van der Waals surface area contributed by atoms with Crippen molar-refractivity contribution in [2.45, 2.75) is 71.7 Å². The van der Waals surface area contributed by atoms with Crippen LogP contribution >= 0.6 is 11.8 Å². The number of fused-ring (bicyclic) bond motifs is 1. The largest absolute Gasteiger partial charge is 0.442 e. The zero-order chi connectivity index (χ0) is 30.0. The quantitative estimate of drug-likeness (QED) is 0.210. The van der Waals surface area contributed by atoms with Crippen LogP contribution in [0.25, 0.3) is 17.1 Å². The van der Waals surface area contributed by atoms with Crippen LogP contribution in [0.4, 0.5) is 9.59 Å². The number of rotatable bonds is 4. The van der Waals surface area contributed by atoms with Gasteiger partial charge in [-0.05, 0) is 96.5 Å². The van der Waals surface area contributed by atoms with E-state index in [4.69, 9.17) is 19.5 Å². The van der Waals surface area contributed by atoms with Gasteiger partial charge in [-0.1, -0.05) is 11.8 Å². The molecular formula is C28H34N6O5S. The number of carbonyl (C=O) groups excluding carboxylic acids is 2. The summed E-state index contributed by atoms with van der Waals surface area (Å²) in [6, 6.07) is 5.74. The molecule has 0 bridgehead atoms. The number of carbonyl (C=O) groups is 2. The maximum absolute atomic E-state index is 13.4. The van der Waals surface area contributed by atoms with Crippen molar-refractivity contribution in [2.24, 2.45) is 12.0 Å². The minimum atomic E-state index is -0.904. The third kappa shape index (κ3) is 7.09. The summed E-state index contributed by atoms with van der Waals surface area (Å²) in [5.41, 5.74) is 0.978. The second kappa shape index (κ2) is 11.6. The fourth-order valence-electron chi connectivity index (χ4n) is 3.81. The zero-order valence-electron chi connectivity index (χ0n) is 24.4. The Kier molecular flexibility index (Phi) is 8.79. The number of hydrogen-bond donors (Lipinski definition) is 0. The van der Waals surface area contributed by atoms with Crippen LogP contribution < -0.4 is 10.2 Å². The van der Waals surface area contributed by atoms with E-state index in [0.717, 1.165) is 21.4 Å². The minimum absolute atomic E-state index is 0.0902. The van der Waals surface area contributed by atoms with Gasteiger partial charge in [-0.25, -0.2) is 14.6 Å². The molecule has 0 aliphatic heterocycles. The molecule has 2 aromatic heterocycles. The van der Waals surface area contributed by atoms with E-state index in [0.29, 0.717) is 16.6 Å². The molecule has 0 fully saturated rings. The molecule has 0 saturated heterocycles. The number of ether oxygens (including phenoxy) is 3. The summed E-state index contributed by atoms with van der Waals surface area (Å²) in [6.45, 7) is 14.1. The summed E-state index contributed by atoms with van der Waals surface area (Å²) in [4.78, 5) is 39.6. The maximum Gasteiger partial charge on any atom is 0.436 e. The zero-order valence-corrected chi connectivity index (χ0v) is 25.3. The van der Waals surface area contributed by atoms with Crippen molar-refractivity contribution >= 4 is 41.1 Å². The van der Waals surface area contributed by atoms with Crippen LogP contribution in [-0.4, -0.2) is 49.0 Å². The molecule has 2 heterocycles. The highest BCUT2D eigenvalue weighted by Crippen LogP contribution is 2.33. The van der Waals surface area contributed by atoms with Gasteiger partial charge >= 0.3 is 12.2 Å². The van der Waals surface area contributed by atoms with Gasteiger partial charge in [-0.3, -0.25) is 4.68 Å². The fraction of sp³-hybridized carbons (Fsp3) is 0.429. The Bertz CT molecular complexity index is 1590. The standard InChI is InChI=1S/C28H34N6O5S/c1-16-14-18(12-11-13-29)15-17(2)20(16)37-23-19-21(30-24(32-23)40-10)33(9)34(26(36)39-28(6,7)8)22(19)31-25(35)38-27(3,4)5/h11-12,14-15H,1-10H3/b12-11+,31-22?. The lowest BCUT2D eigenvalue weighted by atomic mass is 10.1. The molecule has 0 unspecified atom stereocenters. The van der Waals surface area contributed by atoms with Crippen LogP contribution in [0.15, 0.2) is 28.4 Å². The third-order valence-corrected chi connectivity index (χ3v) is 5.79. The van der Waals surface area contributed by atoms with Crippen molar-refractivity contribution < 1.29 is 23.8 Å². The highest BCUT2D eigenvalue weighted by atomic mass is 32.2. The van der Waals surface area contributed by atoms with Crippen molar-refractivity contribution in [3.05, 3.63) is 40.4 Å². The molecule has 0 N–H and O–H groups in total. The molecule has 0 saturated carbocycles. The summed E-state index contributed by atoms with van der Waals surface area (Å²) < 4.78 is 20.0. The second-order valence-corrected chi connectivity index (χ2v) is 11.8. The molecule has 0 aliphatic carbocycles. The van der Waals surface area contributed by atoms with E-state index in [9.17, 15) is 9.59 Å². The molecule has 0 spiro atoms. The van der Waals surface area contributed by atoms with E-state index < -0.39 is 23.4 Å². The van der Waals surface area contributed by atoms with Crippen LogP contribution in [0.1, 0.15) is 58.2 Å². The van der Waals surface area contributed by atoms with Crippen LogP contribution in [0, 0.1) is 25.2 Å². The Hall–Kier alpha value is -4.11. The number of benzene rings is 1. The predicted molar refractivity (Wildman–Crippen MR) is 152 cm³/mol. The predicted octanol–water partition coefficient (Wildman–Crippen LogP) is 6.06. The Morgan fingerprint density at radius 3 is 2.17 bits per heavy atom. The van der Waals surface area contributed by atoms with Gasteiger partial charge in [-0.2, -0.15) is 19.9 Å². The summed E-state index contributed by atoms with van der Waals surface area (Å²) in [5, 5.41) is 9.49. The number of nitrogens with zero attached hydrogens (tertiary/aromatic N) is 6. The van der Waals surface area contributed by atoms with Gasteiger partial charge in [0.1, 0.15) is 22.3 Å². The van der Waals surface area contributed by atoms with Gasteiger partial charge in [0.15, 0.2) is 16.3 Å². The third-order valence-electron chi connectivity index (χ3n) is 5.24. The van der Waals surface area contributed by atoms with Gasteiger partial charge in [0.05, 0.1) is 6.07 Å². The minimum Gasteiger partial charge on any atom is -0.442 e. The highest BCUT2D eigenvalue weighted by molar-refractivity contribution is 7.98. The van der Waals surface area contributed by atoms with Crippen LogP contribution in [0.2, 0.25) is 0 Å². The maximum atomic E-state index is 13.4. The molecule has 11 nitrogen and oxygen atoms in total. The molecule has 0 radical (unpaired) electrons. The Labute approximate surface area is 237 Å². The number of nitriles is 1. The van der Waals surface area contributed by atoms with Gasteiger partial charge in [-0.15, -0.1) is 0 Å². The highest BCUT2D eigenvalue weighted by Gasteiger charge is 2.28. The van der Waals surface area contributed by atoms with E-state index in [1.165, 1.54) is 22.5 Å². The van der Waals surface area contributed by atoms with E-state index in [1.807, 2.05) is 38.3 Å². The molecule has 12 heteroatoms. The van der Waals surface area contributed by atoms with Crippen molar-refractivity contribution in [1.29, 1.82) is 5.26 Å². The van der Waals surface area contributed by atoms with E-state index in [2.05, 4.69) is 15.0 Å². The molecule has 1 aromatic carbocycles. The first kappa shape index (κ1) is 30.4. The molecule has 212 valence electrons. The van der Waals surface area contributed by atoms with Gasteiger partial charge in [0.25, 0.3) is 0 Å². The van der Waals surface area contributed by atoms with Gasteiger partial charge in [0.2, 0.25) is 5.88 Å². The number of allylic oxidation sites excluding steroid dienone is 1. The number of amides is 1. The van der Waals surface area contributed by atoms with E-state index in [1.54, 1.807) is 54.7 Å². The Balaban J connectivity index is 2.37. The lowest BCUT2D eigenvalue weighted by Crippen LogP contribution is -2.36. The summed E-state index contributed by atoms with van der Waals surface area (Å²) in [6.07, 6.45) is 3.24. The fourth-order valence-corrected chi connectivity index (χ4v) is 4.16. The topological polar surface area (TPSA) is 134 Å². The average Bonchev–Trinajstić information content (AvgIpc) is 3.08. The smallest absolute Gasteiger partial charge is 0.436 e. The lowest BCUT2D eigenvalue weighted by molar-refractivity contribution is 0.0487. The SMILES string of the molecule is CSc1nc(Oc2c(C)cc(/C=C/C#N)cc2C)c2c(=NC(=O)OC(C)(C)C)n(C(=O)OC(C)(C)C)n(C)c2n1. The first-order chi connectivity index (χ1) is 18.5.